The molecular formula is C11H18N2O3. The minimum Gasteiger partial charge on any atom is -0.462 e. The van der Waals surface area contributed by atoms with E-state index >= 15 is 0 Å². The van der Waals surface area contributed by atoms with E-state index in [2.05, 4.69) is 15.0 Å². The average molecular weight is 226 g/mol. The number of ether oxygens (including phenoxy) is 1. The van der Waals surface area contributed by atoms with Gasteiger partial charge >= 0.3 is 11.9 Å². The molecule has 1 N–H and O–H groups in total. The second kappa shape index (κ2) is 4.82. The zero-order chi connectivity index (χ0) is 11.5. The molecule has 2 fully saturated rings. The third kappa shape index (κ3) is 2.35. The van der Waals surface area contributed by atoms with Crippen molar-refractivity contribution in [1.82, 2.24) is 10.2 Å². The van der Waals surface area contributed by atoms with Crippen molar-refractivity contribution in [3.8, 4) is 0 Å². The molecule has 0 aromatic heterocycles. The van der Waals surface area contributed by atoms with Gasteiger partial charge in [-0.05, 0) is 32.2 Å². The highest BCUT2D eigenvalue weighted by Crippen LogP contribution is 2.26. The Kier molecular flexibility index (Phi) is 3.43. The molecule has 2 aliphatic heterocycles. The molecule has 90 valence electrons. The lowest BCUT2D eigenvalue weighted by Crippen LogP contribution is -2.49. The largest absolute Gasteiger partial charge is 0.462 e. The summed E-state index contributed by atoms with van der Waals surface area (Å²) in [7, 11) is 1.22. The lowest BCUT2D eigenvalue weighted by atomic mass is 9.97. The summed E-state index contributed by atoms with van der Waals surface area (Å²) in [5, 5.41) is 2.74. The molecule has 0 bridgehead atoms. The van der Waals surface area contributed by atoms with E-state index in [0.29, 0.717) is 6.04 Å². The first-order chi connectivity index (χ1) is 7.70. The number of nitrogens with one attached hydrogen (secondary N) is 1. The van der Waals surface area contributed by atoms with E-state index < -0.39 is 11.9 Å². The monoisotopic (exact) mass is 226 g/mol. The van der Waals surface area contributed by atoms with Crippen LogP contribution in [0.5, 0.6) is 0 Å². The molecule has 0 spiro atoms. The summed E-state index contributed by atoms with van der Waals surface area (Å²) in [5.74, 6) is -1.41. The number of methoxy groups -OCH3 is 1. The zero-order valence-electron chi connectivity index (χ0n) is 9.57. The summed E-state index contributed by atoms with van der Waals surface area (Å²) in [6, 6.07) is 0.725. The standard InChI is InChI=1S/C11H18N2O3/c1-16-11(15)10(14)12-8-4-6-13-5-2-3-9(13)7-8/h8-9H,2-7H2,1H3,(H,12,14). The number of carbonyl (C=O) groups excluding carboxylic acids is 2. The SMILES string of the molecule is COC(=O)C(=O)NC1CCN2CCCC2C1. The van der Waals surface area contributed by atoms with Gasteiger partial charge in [0.15, 0.2) is 0 Å². The van der Waals surface area contributed by atoms with Crippen LogP contribution in [-0.2, 0) is 14.3 Å². The first kappa shape index (κ1) is 11.4. The lowest BCUT2D eigenvalue weighted by Gasteiger charge is -2.34. The summed E-state index contributed by atoms with van der Waals surface area (Å²) in [4.78, 5) is 24.8. The highest BCUT2D eigenvalue weighted by Gasteiger charge is 2.32. The molecule has 2 unspecified atom stereocenters. The molecule has 1 amide bonds. The topological polar surface area (TPSA) is 58.6 Å². The van der Waals surface area contributed by atoms with Crippen molar-refractivity contribution in [3.63, 3.8) is 0 Å². The summed E-state index contributed by atoms with van der Waals surface area (Å²) >= 11 is 0. The fourth-order valence-corrected chi connectivity index (χ4v) is 2.69. The minimum absolute atomic E-state index is 0.131. The lowest BCUT2D eigenvalue weighted by molar-refractivity contribution is -0.153. The minimum atomic E-state index is -0.797. The van der Waals surface area contributed by atoms with E-state index in [-0.39, 0.29) is 6.04 Å². The van der Waals surface area contributed by atoms with Crippen LogP contribution >= 0.6 is 0 Å². The number of esters is 1. The molecule has 0 saturated carbocycles. The van der Waals surface area contributed by atoms with Crippen molar-refractivity contribution >= 4 is 11.9 Å². The molecule has 0 radical (unpaired) electrons. The third-order valence-corrected chi connectivity index (χ3v) is 3.53. The fraction of sp³-hybridized carbons (Fsp3) is 0.818. The molecule has 2 rings (SSSR count). The number of hydrogen-bond acceptors (Lipinski definition) is 4. The molecule has 2 saturated heterocycles. The van der Waals surface area contributed by atoms with Crippen molar-refractivity contribution < 1.29 is 14.3 Å². The number of rotatable bonds is 1. The number of carbonyl (C=O) groups is 2. The molecular weight excluding hydrogens is 208 g/mol. The van der Waals surface area contributed by atoms with Crippen LogP contribution in [0.3, 0.4) is 0 Å². The Balaban J connectivity index is 1.83. The maximum absolute atomic E-state index is 11.3. The van der Waals surface area contributed by atoms with E-state index in [9.17, 15) is 9.59 Å². The summed E-state index contributed by atoms with van der Waals surface area (Å²) in [5.41, 5.74) is 0. The Morgan fingerprint density at radius 1 is 1.31 bits per heavy atom. The Hall–Kier alpha value is -1.10. The molecule has 2 heterocycles. The van der Waals surface area contributed by atoms with Crippen LogP contribution < -0.4 is 5.32 Å². The number of hydrogen-bond donors (Lipinski definition) is 1. The summed E-state index contributed by atoms with van der Waals surface area (Å²) in [6.07, 6.45) is 4.36. The van der Waals surface area contributed by atoms with Gasteiger partial charge in [-0.3, -0.25) is 4.79 Å². The van der Waals surface area contributed by atoms with Crippen LogP contribution in [0.15, 0.2) is 0 Å². The molecule has 2 atom stereocenters. The number of amides is 1. The zero-order valence-corrected chi connectivity index (χ0v) is 9.57. The quantitative estimate of drug-likeness (QED) is 0.501. The molecule has 5 nitrogen and oxygen atoms in total. The number of piperidine rings is 1. The second-order valence-corrected chi connectivity index (χ2v) is 4.52. The molecule has 5 heteroatoms. The predicted octanol–water partition coefficient (Wildman–Crippen LogP) is -0.0976. The van der Waals surface area contributed by atoms with Gasteiger partial charge < -0.3 is 15.0 Å². The van der Waals surface area contributed by atoms with Crippen molar-refractivity contribution in [2.45, 2.75) is 37.8 Å². The van der Waals surface area contributed by atoms with Crippen LogP contribution in [0.2, 0.25) is 0 Å². The van der Waals surface area contributed by atoms with Gasteiger partial charge in [0.05, 0.1) is 7.11 Å². The van der Waals surface area contributed by atoms with Crippen LogP contribution in [0.25, 0.3) is 0 Å². The van der Waals surface area contributed by atoms with Crippen LogP contribution in [0, 0.1) is 0 Å². The highest BCUT2D eigenvalue weighted by atomic mass is 16.5. The average Bonchev–Trinajstić information content (AvgIpc) is 2.75. The van der Waals surface area contributed by atoms with E-state index in [1.807, 2.05) is 0 Å². The maximum Gasteiger partial charge on any atom is 0.396 e. The molecule has 2 aliphatic rings. The predicted molar refractivity (Wildman–Crippen MR) is 57.8 cm³/mol. The highest BCUT2D eigenvalue weighted by molar-refractivity contribution is 6.32. The van der Waals surface area contributed by atoms with Crippen molar-refractivity contribution in [3.05, 3.63) is 0 Å². The Labute approximate surface area is 95.1 Å². The maximum atomic E-state index is 11.3. The normalized spacial score (nSPS) is 29.6. The smallest absolute Gasteiger partial charge is 0.396 e. The van der Waals surface area contributed by atoms with Gasteiger partial charge in [-0.1, -0.05) is 0 Å². The van der Waals surface area contributed by atoms with Crippen LogP contribution in [0.4, 0.5) is 0 Å². The first-order valence-corrected chi connectivity index (χ1v) is 5.83. The van der Waals surface area contributed by atoms with Crippen molar-refractivity contribution in [1.29, 1.82) is 0 Å². The molecule has 0 aromatic carbocycles. The van der Waals surface area contributed by atoms with Gasteiger partial charge in [-0.15, -0.1) is 0 Å². The van der Waals surface area contributed by atoms with Gasteiger partial charge in [-0.2, -0.15) is 0 Å². The van der Waals surface area contributed by atoms with Gasteiger partial charge in [0.2, 0.25) is 0 Å². The van der Waals surface area contributed by atoms with Crippen LogP contribution in [0.1, 0.15) is 25.7 Å². The van der Waals surface area contributed by atoms with E-state index in [4.69, 9.17) is 0 Å². The fourth-order valence-electron chi connectivity index (χ4n) is 2.69. The van der Waals surface area contributed by atoms with Crippen molar-refractivity contribution in [2.24, 2.45) is 0 Å². The third-order valence-electron chi connectivity index (χ3n) is 3.53. The van der Waals surface area contributed by atoms with Gasteiger partial charge in [0, 0.05) is 18.6 Å². The number of nitrogens with zero attached hydrogens (tertiary/aromatic N) is 1. The Morgan fingerprint density at radius 2 is 2.12 bits per heavy atom. The van der Waals surface area contributed by atoms with E-state index in [1.54, 1.807) is 0 Å². The summed E-state index contributed by atoms with van der Waals surface area (Å²) < 4.78 is 4.38. The molecule has 0 aromatic rings. The Bertz CT molecular complexity index is 293. The molecule has 16 heavy (non-hydrogen) atoms. The van der Waals surface area contributed by atoms with Crippen molar-refractivity contribution in [2.75, 3.05) is 20.2 Å². The second-order valence-electron chi connectivity index (χ2n) is 4.52. The summed E-state index contributed by atoms with van der Waals surface area (Å²) in [6.45, 7) is 2.21. The van der Waals surface area contributed by atoms with Crippen LogP contribution in [-0.4, -0.2) is 49.1 Å². The number of fused-ring (bicyclic) bond motifs is 1. The molecule has 0 aliphatic carbocycles. The van der Waals surface area contributed by atoms with E-state index in [0.717, 1.165) is 19.4 Å². The van der Waals surface area contributed by atoms with E-state index in [1.165, 1.54) is 26.5 Å². The first-order valence-electron chi connectivity index (χ1n) is 5.83. The van der Waals surface area contributed by atoms with Gasteiger partial charge in [-0.25, -0.2) is 4.79 Å². The Morgan fingerprint density at radius 3 is 2.88 bits per heavy atom. The van der Waals surface area contributed by atoms with Gasteiger partial charge in [0.1, 0.15) is 0 Å². The van der Waals surface area contributed by atoms with Gasteiger partial charge in [0.25, 0.3) is 0 Å².